The number of nitrogens with two attached hydrogens (primary N) is 1. The summed E-state index contributed by atoms with van der Waals surface area (Å²) in [6.45, 7) is 3.49. The quantitative estimate of drug-likeness (QED) is 0.350. The topological polar surface area (TPSA) is 128 Å². The standard InChI is InChI=1S/C27H29ClN6O4/c1-16(25(29)26(35)36)11-17-9-10-32(14-17)22-6-4-19(12-23(22)38-2)33-15-31-24-8-7-21(34(24)27(33)37)20-5-3-18(28)13-30-20/h3-8,12-13,15-17,25H,9-11,14,29H2,1-2H3,(H,35,36)/t16?,17-,25?/m0/s1. The fourth-order valence-electron chi connectivity index (χ4n) is 5.14. The Bertz CT molecular complexity index is 1530. The predicted molar refractivity (Wildman–Crippen MR) is 145 cm³/mol. The van der Waals surface area contributed by atoms with Crippen molar-refractivity contribution < 1.29 is 14.6 Å². The molecule has 198 valence electrons. The van der Waals surface area contributed by atoms with Crippen molar-refractivity contribution >= 4 is 28.9 Å². The number of pyridine rings is 1. The normalized spacial score (nSPS) is 17.1. The summed E-state index contributed by atoms with van der Waals surface area (Å²) in [6.07, 6.45) is 4.73. The number of nitrogens with zero attached hydrogens (tertiary/aromatic N) is 5. The van der Waals surface area contributed by atoms with E-state index in [1.54, 1.807) is 31.5 Å². The number of ether oxygens (including phenoxy) is 1. The molecule has 3 atom stereocenters. The van der Waals surface area contributed by atoms with E-state index in [1.165, 1.54) is 15.3 Å². The SMILES string of the molecule is COc1cc(-n2cnc3ccc(-c4ccc(Cl)cn4)n3c2=O)ccc1N1CC[C@@H](CC(C)C(N)C(=O)O)C1. The second-order valence-corrected chi connectivity index (χ2v) is 10.1. The van der Waals surface area contributed by atoms with Crippen LogP contribution in [0.3, 0.4) is 0 Å². The molecule has 1 saturated heterocycles. The number of benzene rings is 1. The van der Waals surface area contributed by atoms with E-state index in [-0.39, 0.29) is 11.6 Å². The van der Waals surface area contributed by atoms with Gasteiger partial charge in [0.05, 0.1) is 34.9 Å². The first-order valence-electron chi connectivity index (χ1n) is 12.4. The smallest absolute Gasteiger partial charge is 0.340 e. The third-order valence-electron chi connectivity index (χ3n) is 7.22. The van der Waals surface area contributed by atoms with Gasteiger partial charge in [0.1, 0.15) is 23.8 Å². The highest BCUT2D eigenvalue weighted by atomic mass is 35.5. The molecule has 5 rings (SSSR count). The van der Waals surface area contributed by atoms with Gasteiger partial charge in [-0.3, -0.25) is 14.3 Å². The lowest BCUT2D eigenvalue weighted by molar-refractivity contribution is -0.139. The van der Waals surface area contributed by atoms with Crippen LogP contribution in [0.5, 0.6) is 5.75 Å². The number of hydrogen-bond donors (Lipinski definition) is 2. The average Bonchev–Trinajstić information content (AvgIpc) is 3.56. The predicted octanol–water partition coefficient (Wildman–Crippen LogP) is 3.47. The Morgan fingerprint density at radius 1 is 1.24 bits per heavy atom. The Morgan fingerprint density at radius 3 is 2.76 bits per heavy atom. The summed E-state index contributed by atoms with van der Waals surface area (Å²) < 4.78 is 8.71. The maximum Gasteiger partial charge on any atom is 0.340 e. The zero-order valence-corrected chi connectivity index (χ0v) is 21.9. The van der Waals surface area contributed by atoms with Crippen LogP contribution in [0.1, 0.15) is 19.8 Å². The van der Waals surface area contributed by atoms with Gasteiger partial charge < -0.3 is 20.5 Å². The fraction of sp³-hybridized carbons (Fsp3) is 0.333. The first kappa shape index (κ1) is 25.7. The number of methoxy groups -OCH3 is 1. The molecule has 0 aliphatic carbocycles. The Hall–Kier alpha value is -3.89. The van der Waals surface area contributed by atoms with E-state index in [4.69, 9.17) is 22.1 Å². The first-order valence-corrected chi connectivity index (χ1v) is 12.8. The van der Waals surface area contributed by atoms with Crippen LogP contribution in [-0.4, -0.2) is 56.3 Å². The molecule has 1 aromatic carbocycles. The highest BCUT2D eigenvalue weighted by Crippen LogP contribution is 2.35. The van der Waals surface area contributed by atoms with Crippen LogP contribution in [0.25, 0.3) is 22.7 Å². The number of rotatable bonds is 8. The molecule has 1 aliphatic rings. The third-order valence-corrected chi connectivity index (χ3v) is 7.45. The Kier molecular flexibility index (Phi) is 7.09. The molecule has 0 amide bonds. The van der Waals surface area contributed by atoms with Crippen molar-refractivity contribution in [2.75, 3.05) is 25.1 Å². The van der Waals surface area contributed by atoms with Crippen molar-refractivity contribution in [1.29, 1.82) is 0 Å². The number of carboxylic acid groups (broad SMARTS) is 1. The maximum absolute atomic E-state index is 13.6. The van der Waals surface area contributed by atoms with E-state index in [9.17, 15) is 14.7 Å². The van der Waals surface area contributed by atoms with Crippen LogP contribution in [0, 0.1) is 11.8 Å². The molecule has 3 aromatic heterocycles. The summed E-state index contributed by atoms with van der Waals surface area (Å²) in [4.78, 5) is 35.8. The molecule has 1 aliphatic heterocycles. The summed E-state index contributed by atoms with van der Waals surface area (Å²) in [5, 5.41) is 9.72. The van der Waals surface area contributed by atoms with Gasteiger partial charge in [-0.25, -0.2) is 14.2 Å². The lowest BCUT2D eigenvalue weighted by Crippen LogP contribution is -2.37. The Labute approximate surface area is 224 Å². The van der Waals surface area contributed by atoms with Gasteiger partial charge in [0.15, 0.2) is 0 Å². The van der Waals surface area contributed by atoms with Crippen molar-refractivity contribution in [3.8, 4) is 22.8 Å². The Balaban J connectivity index is 1.42. The molecule has 4 aromatic rings. The number of halogens is 1. The van der Waals surface area contributed by atoms with Gasteiger partial charge in [0.2, 0.25) is 0 Å². The molecule has 0 radical (unpaired) electrons. The second-order valence-electron chi connectivity index (χ2n) is 9.70. The molecule has 11 heteroatoms. The van der Waals surface area contributed by atoms with Gasteiger partial charge in [0.25, 0.3) is 0 Å². The van der Waals surface area contributed by atoms with E-state index in [2.05, 4.69) is 14.9 Å². The van der Waals surface area contributed by atoms with Crippen LogP contribution in [-0.2, 0) is 4.79 Å². The van der Waals surface area contributed by atoms with Crippen molar-refractivity contribution in [1.82, 2.24) is 18.9 Å². The van der Waals surface area contributed by atoms with Crippen molar-refractivity contribution in [2.45, 2.75) is 25.8 Å². The van der Waals surface area contributed by atoms with Gasteiger partial charge in [0, 0.05) is 25.4 Å². The minimum absolute atomic E-state index is 0.113. The van der Waals surface area contributed by atoms with Crippen LogP contribution in [0.15, 0.2) is 59.8 Å². The summed E-state index contributed by atoms with van der Waals surface area (Å²) in [7, 11) is 1.60. The van der Waals surface area contributed by atoms with Gasteiger partial charge in [-0.15, -0.1) is 0 Å². The zero-order chi connectivity index (χ0) is 27.0. The number of hydrogen-bond acceptors (Lipinski definition) is 7. The molecule has 38 heavy (non-hydrogen) atoms. The largest absolute Gasteiger partial charge is 0.495 e. The van der Waals surface area contributed by atoms with E-state index >= 15 is 0 Å². The minimum atomic E-state index is -0.969. The van der Waals surface area contributed by atoms with Gasteiger partial charge in [-0.05, 0) is 61.1 Å². The maximum atomic E-state index is 13.6. The van der Waals surface area contributed by atoms with Crippen LogP contribution in [0.2, 0.25) is 5.02 Å². The highest BCUT2D eigenvalue weighted by molar-refractivity contribution is 6.30. The van der Waals surface area contributed by atoms with Crippen molar-refractivity contribution in [3.63, 3.8) is 0 Å². The van der Waals surface area contributed by atoms with E-state index < -0.39 is 12.0 Å². The zero-order valence-electron chi connectivity index (χ0n) is 21.1. The number of carboxylic acids is 1. The lowest BCUT2D eigenvalue weighted by Gasteiger charge is -2.23. The number of anilines is 1. The summed E-state index contributed by atoms with van der Waals surface area (Å²) >= 11 is 5.98. The molecular weight excluding hydrogens is 508 g/mol. The number of fused-ring (bicyclic) bond motifs is 1. The molecule has 3 N–H and O–H groups in total. The molecule has 0 saturated carbocycles. The Morgan fingerprint density at radius 2 is 2.05 bits per heavy atom. The number of aromatic nitrogens is 4. The highest BCUT2D eigenvalue weighted by Gasteiger charge is 2.29. The fourth-order valence-corrected chi connectivity index (χ4v) is 5.25. The third kappa shape index (κ3) is 4.84. The monoisotopic (exact) mass is 536 g/mol. The average molecular weight is 537 g/mol. The molecule has 2 unspecified atom stereocenters. The molecule has 0 bridgehead atoms. The van der Waals surface area contributed by atoms with Gasteiger partial charge >= 0.3 is 11.7 Å². The van der Waals surface area contributed by atoms with Crippen LogP contribution in [0.4, 0.5) is 5.69 Å². The lowest BCUT2D eigenvalue weighted by atomic mass is 9.90. The number of carbonyl (C=O) groups is 1. The summed E-state index contributed by atoms with van der Waals surface area (Å²) in [6, 6.07) is 11.8. The first-order chi connectivity index (χ1) is 18.3. The van der Waals surface area contributed by atoms with Crippen LogP contribution < -0.4 is 21.1 Å². The van der Waals surface area contributed by atoms with Gasteiger partial charge in [-0.1, -0.05) is 18.5 Å². The van der Waals surface area contributed by atoms with E-state index in [0.29, 0.717) is 39.4 Å². The van der Waals surface area contributed by atoms with E-state index in [0.717, 1.165) is 31.6 Å². The summed E-state index contributed by atoms with van der Waals surface area (Å²) in [5.41, 5.74) is 8.81. The molecule has 4 heterocycles. The molecule has 10 nitrogen and oxygen atoms in total. The van der Waals surface area contributed by atoms with Crippen molar-refractivity contribution in [2.24, 2.45) is 17.6 Å². The molecule has 1 fully saturated rings. The molecular formula is C27H29ClN6O4. The van der Waals surface area contributed by atoms with Gasteiger partial charge in [-0.2, -0.15) is 0 Å². The number of aliphatic carboxylic acids is 1. The van der Waals surface area contributed by atoms with Crippen molar-refractivity contribution in [3.05, 3.63) is 70.5 Å². The molecule has 0 spiro atoms. The second kappa shape index (κ2) is 10.5. The van der Waals surface area contributed by atoms with Crippen LogP contribution >= 0.6 is 11.6 Å². The minimum Gasteiger partial charge on any atom is -0.495 e. The van der Waals surface area contributed by atoms with E-state index in [1.807, 2.05) is 31.2 Å². The summed E-state index contributed by atoms with van der Waals surface area (Å²) in [5.74, 6) is -0.109.